The summed E-state index contributed by atoms with van der Waals surface area (Å²) in [4.78, 5) is 28.2. The summed E-state index contributed by atoms with van der Waals surface area (Å²) >= 11 is 12.7. The topological polar surface area (TPSA) is 51.5 Å². The van der Waals surface area contributed by atoms with E-state index in [-0.39, 0.29) is 17.5 Å². The number of ether oxygens (including phenoxy) is 1. The third-order valence-electron chi connectivity index (χ3n) is 6.44. The SMILES string of the molecule is COC(=O)C1=C(C)N([C@H](C)c2ccccc2)C(=O)/C1=C\c1cc(C)n(-c2cccc(Cl)c2Cl)c1C. The number of esters is 1. The number of amides is 1. The van der Waals surface area contributed by atoms with Gasteiger partial charge >= 0.3 is 5.97 Å². The Labute approximate surface area is 215 Å². The highest BCUT2D eigenvalue weighted by Crippen LogP contribution is 2.39. The number of carbonyl (C=O) groups is 2. The summed E-state index contributed by atoms with van der Waals surface area (Å²) in [7, 11) is 1.32. The Morgan fingerprint density at radius 3 is 2.37 bits per heavy atom. The summed E-state index contributed by atoms with van der Waals surface area (Å²) in [6, 6.07) is 16.9. The van der Waals surface area contributed by atoms with Crippen LogP contribution < -0.4 is 0 Å². The van der Waals surface area contributed by atoms with Gasteiger partial charge in [-0.3, -0.25) is 4.79 Å². The highest BCUT2D eigenvalue weighted by Gasteiger charge is 2.39. The van der Waals surface area contributed by atoms with Crippen molar-refractivity contribution in [3.8, 4) is 5.69 Å². The minimum absolute atomic E-state index is 0.246. The Morgan fingerprint density at radius 2 is 1.71 bits per heavy atom. The molecule has 1 amide bonds. The van der Waals surface area contributed by atoms with Gasteiger partial charge in [-0.2, -0.15) is 0 Å². The summed E-state index contributed by atoms with van der Waals surface area (Å²) in [5.41, 5.74) is 5.43. The number of hydrogen-bond acceptors (Lipinski definition) is 3. The predicted molar refractivity (Wildman–Crippen MR) is 140 cm³/mol. The van der Waals surface area contributed by atoms with Crippen molar-refractivity contribution in [1.29, 1.82) is 0 Å². The Hall–Kier alpha value is -3.28. The van der Waals surface area contributed by atoms with Gasteiger partial charge < -0.3 is 14.2 Å². The standard InChI is InChI=1S/C28H26Cl2N2O3/c1-16-14-21(18(3)31(16)24-13-9-12-23(29)26(24)30)15-22-25(28(34)35-5)19(4)32(27(22)33)17(2)20-10-7-6-8-11-20/h6-15,17H,1-5H3/b22-15-/t17-/m1/s1. The van der Waals surface area contributed by atoms with Crippen LogP contribution in [-0.2, 0) is 14.3 Å². The van der Waals surface area contributed by atoms with E-state index in [1.807, 2.05) is 73.9 Å². The molecule has 1 aliphatic rings. The van der Waals surface area contributed by atoms with Crippen LogP contribution in [0.4, 0.5) is 0 Å². The molecule has 4 rings (SSSR count). The van der Waals surface area contributed by atoms with E-state index in [1.54, 1.807) is 24.0 Å². The molecule has 180 valence electrons. The zero-order valence-corrected chi connectivity index (χ0v) is 21.7. The van der Waals surface area contributed by atoms with Gasteiger partial charge in [0.05, 0.1) is 40.0 Å². The molecule has 0 unspecified atom stereocenters. The monoisotopic (exact) mass is 508 g/mol. The normalized spacial score (nSPS) is 15.8. The van der Waals surface area contributed by atoms with E-state index in [4.69, 9.17) is 27.9 Å². The summed E-state index contributed by atoms with van der Waals surface area (Å²) in [5, 5.41) is 0.903. The molecule has 1 aliphatic heterocycles. The number of hydrogen-bond donors (Lipinski definition) is 0. The number of rotatable bonds is 5. The molecule has 2 aromatic carbocycles. The molecule has 1 atom stereocenters. The van der Waals surface area contributed by atoms with Gasteiger partial charge in [-0.25, -0.2) is 4.79 Å². The molecule has 0 aliphatic carbocycles. The lowest BCUT2D eigenvalue weighted by Gasteiger charge is -2.26. The minimum atomic E-state index is -0.545. The second-order valence-electron chi connectivity index (χ2n) is 8.51. The van der Waals surface area contributed by atoms with Crippen LogP contribution in [0.2, 0.25) is 10.0 Å². The predicted octanol–water partition coefficient (Wildman–Crippen LogP) is 6.83. The van der Waals surface area contributed by atoms with Crippen molar-refractivity contribution in [3.05, 3.63) is 104 Å². The van der Waals surface area contributed by atoms with Gasteiger partial charge in [-0.15, -0.1) is 0 Å². The van der Waals surface area contributed by atoms with E-state index < -0.39 is 5.97 Å². The molecule has 1 aromatic heterocycles. The number of benzene rings is 2. The van der Waals surface area contributed by atoms with Gasteiger partial charge in [0, 0.05) is 17.1 Å². The molecule has 3 aromatic rings. The largest absolute Gasteiger partial charge is 0.465 e. The molecule has 0 saturated heterocycles. The van der Waals surface area contributed by atoms with Gasteiger partial charge in [0.2, 0.25) is 0 Å². The highest BCUT2D eigenvalue weighted by molar-refractivity contribution is 6.43. The van der Waals surface area contributed by atoms with Crippen molar-refractivity contribution in [2.24, 2.45) is 0 Å². The van der Waals surface area contributed by atoms with Crippen molar-refractivity contribution < 1.29 is 14.3 Å². The lowest BCUT2D eigenvalue weighted by atomic mass is 10.0. The molecule has 7 heteroatoms. The lowest BCUT2D eigenvalue weighted by Crippen LogP contribution is -2.28. The number of aryl methyl sites for hydroxylation is 1. The van der Waals surface area contributed by atoms with E-state index in [0.29, 0.717) is 21.3 Å². The van der Waals surface area contributed by atoms with E-state index in [2.05, 4.69) is 0 Å². The van der Waals surface area contributed by atoms with Crippen molar-refractivity contribution in [1.82, 2.24) is 9.47 Å². The van der Waals surface area contributed by atoms with Gasteiger partial charge in [0.15, 0.2) is 0 Å². The molecule has 5 nitrogen and oxygen atoms in total. The maximum atomic E-state index is 13.7. The van der Waals surface area contributed by atoms with Crippen LogP contribution in [0.5, 0.6) is 0 Å². The molecule has 0 spiro atoms. The highest BCUT2D eigenvalue weighted by atomic mass is 35.5. The first-order valence-electron chi connectivity index (χ1n) is 11.2. The summed E-state index contributed by atoms with van der Waals surface area (Å²) in [6.45, 7) is 7.62. The van der Waals surface area contributed by atoms with Gasteiger partial charge in [-0.1, -0.05) is 59.6 Å². The van der Waals surface area contributed by atoms with E-state index in [9.17, 15) is 9.59 Å². The minimum Gasteiger partial charge on any atom is -0.465 e. The zero-order valence-electron chi connectivity index (χ0n) is 20.2. The number of aromatic nitrogens is 1. The quantitative estimate of drug-likeness (QED) is 0.280. The molecular formula is C28H26Cl2N2O3. The fourth-order valence-electron chi connectivity index (χ4n) is 4.67. The molecule has 2 heterocycles. The third-order valence-corrected chi connectivity index (χ3v) is 7.25. The lowest BCUT2D eigenvalue weighted by molar-refractivity contribution is -0.136. The number of carbonyl (C=O) groups excluding carboxylic acids is 2. The maximum absolute atomic E-state index is 13.7. The summed E-state index contributed by atoms with van der Waals surface area (Å²) < 4.78 is 7.04. The fraction of sp³-hybridized carbons (Fsp3) is 0.214. The van der Waals surface area contributed by atoms with E-state index in [0.717, 1.165) is 28.2 Å². The molecule has 0 bridgehead atoms. The summed E-state index contributed by atoms with van der Waals surface area (Å²) in [5.74, 6) is -0.790. The second kappa shape index (κ2) is 9.76. The Morgan fingerprint density at radius 1 is 1.03 bits per heavy atom. The van der Waals surface area contributed by atoms with Crippen LogP contribution in [0.1, 0.15) is 42.4 Å². The average Bonchev–Trinajstić information content (AvgIpc) is 3.26. The van der Waals surface area contributed by atoms with E-state index in [1.165, 1.54) is 7.11 Å². The molecule has 0 saturated carbocycles. The van der Waals surface area contributed by atoms with E-state index >= 15 is 0 Å². The first kappa shape index (κ1) is 24.8. The molecule has 35 heavy (non-hydrogen) atoms. The Bertz CT molecular complexity index is 1390. The second-order valence-corrected chi connectivity index (χ2v) is 9.29. The van der Waals surface area contributed by atoms with Crippen molar-refractivity contribution in [2.75, 3.05) is 7.11 Å². The number of nitrogens with zero attached hydrogens (tertiary/aromatic N) is 2. The Balaban J connectivity index is 1.84. The number of halogens is 2. The average molecular weight is 509 g/mol. The maximum Gasteiger partial charge on any atom is 0.340 e. The van der Waals surface area contributed by atoms with Crippen LogP contribution in [0.15, 0.2) is 71.4 Å². The fourth-order valence-corrected chi connectivity index (χ4v) is 5.05. The number of methoxy groups -OCH3 is 1. The van der Waals surface area contributed by atoms with Crippen LogP contribution >= 0.6 is 23.2 Å². The van der Waals surface area contributed by atoms with Crippen LogP contribution in [0.25, 0.3) is 11.8 Å². The molecular weight excluding hydrogens is 483 g/mol. The summed E-state index contributed by atoms with van der Waals surface area (Å²) in [6.07, 6.45) is 1.76. The van der Waals surface area contributed by atoms with Gasteiger partial charge in [0.25, 0.3) is 5.91 Å². The molecule has 0 N–H and O–H groups in total. The van der Waals surface area contributed by atoms with Crippen molar-refractivity contribution >= 4 is 41.2 Å². The van der Waals surface area contributed by atoms with Crippen LogP contribution in [0.3, 0.4) is 0 Å². The first-order chi connectivity index (χ1) is 16.7. The molecule has 0 fully saturated rings. The van der Waals surface area contributed by atoms with Gasteiger partial charge in [-0.05, 0) is 63.1 Å². The third kappa shape index (κ3) is 4.30. The molecule has 0 radical (unpaired) electrons. The van der Waals surface area contributed by atoms with Crippen LogP contribution in [0, 0.1) is 13.8 Å². The zero-order chi connectivity index (χ0) is 25.4. The Kier molecular flexibility index (Phi) is 6.93. The number of allylic oxidation sites excluding steroid dienone is 1. The smallest absolute Gasteiger partial charge is 0.340 e. The first-order valence-corrected chi connectivity index (χ1v) is 12.0. The van der Waals surface area contributed by atoms with Crippen molar-refractivity contribution in [2.45, 2.75) is 33.7 Å². The van der Waals surface area contributed by atoms with Crippen molar-refractivity contribution in [3.63, 3.8) is 0 Å². The van der Waals surface area contributed by atoms with Gasteiger partial charge in [0.1, 0.15) is 0 Å². The van der Waals surface area contributed by atoms with Crippen LogP contribution in [-0.4, -0.2) is 28.5 Å².